The Morgan fingerprint density at radius 3 is 1.64 bits per heavy atom. The van der Waals surface area contributed by atoms with Crippen LogP contribution in [0, 0.1) is 7.91 Å². The fourth-order valence-electron chi connectivity index (χ4n) is 2.66. The van der Waals surface area contributed by atoms with Crippen molar-refractivity contribution in [2.24, 2.45) is 9.98 Å². The van der Waals surface area contributed by atoms with E-state index >= 15 is 0 Å². The topological polar surface area (TPSA) is 101 Å². The number of ether oxygens (including phenoxy) is 2. The number of para-hydroxylation sites is 2. The highest BCUT2D eigenvalue weighted by Crippen LogP contribution is 2.21. The largest absolute Gasteiger partial charge is 0.493 e. The predicted octanol–water partition coefficient (Wildman–Crippen LogP) is 6.06. The number of hydrogen-bond donors (Lipinski definition) is 2. The first kappa shape index (κ1) is 23.1. The van der Waals surface area contributed by atoms with Crippen LogP contribution in [0.15, 0.2) is 58.5 Å². The van der Waals surface area contributed by atoms with E-state index in [9.17, 15) is 0 Å². The first-order valence-electron chi connectivity index (χ1n) is 9.80. The predicted molar refractivity (Wildman–Crippen MR) is 138 cm³/mol. The van der Waals surface area contributed by atoms with Crippen LogP contribution in [0.5, 0.6) is 11.5 Å². The summed E-state index contributed by atoms with van der Waals surface area (Å²) in [5, 5.41) is 14.6. The second-order valence-corrected chi connectivity index (χ2v) is 9.72. The molecule has 0 aliphatic carbocycles. The number of nitrogens with one attached hydrogen (secondary N) is 2. The maximum absolute atomic E-state index is 5.94. The van der Waals surface area contributed by atoms with Crippen molar-refractivity contribution >= 4 is 69.8 Å². The summed E-state index contributed by atoms with van der Waals surface area (Å²) in [5.41, 5.74) is 1.73. The Morgan fingerprint density at radius 2 is 1.21 bits per heavy atom. The van der Waals surface area contributed by atoms with Crippen molar-refractivity contribution in [3.05, 3.63) is 67.6 Å². The van der Waals surface area contributed by atoms with Gasteiger partial charge in [0.05, 0.1) is 13.2 Å². The lowest BCUT2D eigenvalue weighted by Crippen LogP contribution is -2.07. The monoisotopic (exact) mass is 514 g/mol. The van der Waals surface area contributed by atoms with Crippen LogP contribution in [-0.2, 0) is 0 Å². The van der Waals surface area contributed by atoms with Gasteiger partial charge in [-0.15, -0.1) is 10.2 Å². The molecule has 0 aliphatic rings. The summed E-state index contributed by atoms with van der Waals surface area (Å²) in [6, 6.07) is 15.4. The van der Waals surface area contributed by atoms with E-state index in [0.29, 0.717) is 37.8 Å². The Labute approximate surface area is 207 Å². The highest BCUT2D eigenvalue weighted by molar-refractivity contribution is 7.73. The van der Waals surface area contributed by atoms with Crippen LogP contribution in [-0.4, -0.2) is 46.0 Å². The molecule has 2 aromatic carbocycles. The van der Waals surface area contributed by atoms with Gasteiger partial charge in [-0.2, -0.15) is 0 Å². The molecule has 0 atom stereocenters. The van der Waals surface area contributed by atoms with Gasteiger partial charge in [-0.3, -0.25) is 10.2 Å². The van der Waals surface area contributed by atoms with E-state index in [1.165, 1.54) is 22.7 Å². The van der Waals surface area contributed by atoms with Crippen molar-refractivity contribution in [2.45, 2.75) is 6.42 Å². The molecule has 0 unspecified atom stereocenters. The van der Waals surface area contributed by atoms with Gasteiger partial charge >= 0.3 is 0 Å². The fourth-order valence-corrected chi connectivity index (χ4v) is 4.11. The zero-order valence-corrected chi connectivity index (χ0v) is 20.4. The molecule has 0 amide bonds. The van der Waals surface area contributed by atoms with Gasteiger partial charge in [0, 0.05) is 30.0 Å². The molecule has 168 valence electrons. The van der Waals surface area contributed by atoms with Crippen LogP contribution < -0.4 is 9.47 Å². The number of nitrogens with zero attached hydrogens (tertiary/aromatic N) is 4. The van der Waals surface area contributed by atoms with E-state index in [1.807, 2.05) is 48.5 Å². The van der Waals surface area contributed by atoms with E-state index in [0.717, 1.165) is 22.6 Å². The molecule has 2 aromatic heterocycles. The maximum atomic E-state index is 5.94. The zero-order chi connectivity index (χ0) is 22.9. The Balaban J connectivity index is 1.29. The number of H-pyrrole nitrogens is 2. The second-order valence-electron chi connectivity index (χ2n) is 6.43. The highest BCUT2D eigenvalue weighted by Gasteiger charge is 2.04. The summed E-state index contributed by atoms with van der Waals surface area (Å²) in [7, 11) is 0. The van der Waals surface area contributed by atoms with Crippen LogP contribution >= 0.6 is 47.1 Å². The zero-order valence-electron chi connectivity index (χ0n) is 17.1. The summed E-state index contributed by atoms with van der Waals surface area (Å²) in [4.78, 5) is 8.70. The Kier molecular flexibility index (Phi) is 8.19. The van der Waals surface area contributed by atoms with Gasteiger partial charge in [0.2, 0.25) is 10.3 Å². The van der Waals surface area contributed by atoms with Crippen LogP contribution in [0.3, 0.4) is 0 Å². The molecule has 0 saturated carbocycles. The van der Waals surface area contributed by atoms with Crippen molar-refractivity contribution in [3.8, 4) is 11.5 Å². The lowest BCUT2D eigenvalue weighted by atomic mass is 10.2. The van der Waals surface area contributed by atoms with Crippen LogP contribution in [0.4, 0.5) is 10.3 Å². The molecule has 0 aliphatic heterocycles. The summed E-state index contributed by atoms with van der Waals surface area (Å²) in [5.74, 6) is 1.49. The molecule has 33 heavy (non-hydrogen) atoms. The molecular weight excluding hydrogens is 497 g/mol. The SMILES string of the molecule is S=c1[nH]nc(/N=C/c2ccccc2OCCCOc2ccccc2/C=N/c2n[nH]c(=S)s2)s1. The maximum Gasteiger partial charge on any atom is 0.230 e. The van der Waals surface area contributed by atoms with Crippen LogP contribution in [0.1, 0.15) is 17.5 Å². The number of aromatic nitrogens is 4. The Bertz CT molecular complexity index is 1270. The molecule has 0 spiro atoms. The van der Waals surface area contributed by atoms with Crippen molar-refractivity contribution < 1.29 is 9.47 Å². The highest BCUT2D eigenvalue weighted by atomic mass is 32.2. The molecule has 0 saturated heterocycles. The summed E-state index contributed by atoms with van der Waals surface area (Å²) in [6.45, 7) is 0.998. The average Bonchev–Trinajstić information content (AvgIpc) is 3.45. The van der Waals surface area contributed by atoms with Gasteiger partial charge < -0.3 is 9.47 Å². The molecule has 4 aromatic rings. The molecular formula is C21H18N6O2S4. The lowest BCUT2D eigenvalue weighted by Gasteiger charge is -2.11. The minimum Gasteiger partial charge on any atom is -0.493 e. The van der Waals surface area contributed by atoms with Gasteiger partial charge in [-0.25, -0.2) is 9.98 Å². The normalized spacial score (nSPS) is 11.4. The molecule has 4 rings (SSSR count). The minimum absolute atomic E-state index is 0.499. The fraction of sp³-hybridized carbons (Fsp3) is 0.143. The number of aromatic amines is 2. The average molecular weight is 515 g/mol. The molecule has 0 fully saturated rings. The van der Waals surface area contributed by atoms with Crippen molar-refractivity contribution in [3.63, 3.8) is 0 Å². The van der Waals surface area contributed by atoms with Gasteiger partial charge in [0.25, 0.3) is 0 Å². The standard InChI is InChI=1S/C21H18N6O2S4/c30-20-26-24-18(32-20)22-12-14-6-1-3-8-16(14)28-10-5-11-29-17-9-4-2-7-15(17)13-23-19-25-27-21(31)33-19/h1-4,6-9,12-13H,5,10-11H2,(H,26,30)(H,27,31)/b22-12+,23-13+. The Hall–Kier alpha value is -3.06. The summed E-state index contributed by atoms with van der Waals surface area (Å²) < 4.78 is 13.1. The first-order valence-corrected chi connectivity index (χ1v) is 12.2. The van der Waals surface area contributed by atoms with Crippen LogP contribution in [0.2, 0.25) is 0 Å². The first-order chi connectivity index (χ1) is 16.2. The van der Waals surface area contributed by atoms with Crippen molar-refractivity contribution in [1.82, 2.24) is 20.4 Å². The lowest BCUT2D eigenvalue weighted by molar-refractivity contribution is 0.247. The smallest absolute Gasteiger partial charge is 0.230 e. The second kappa shape index (κ2) is 11.7. The van der Waals surface area contributed by atoms with E-state index in [2.05, 4.69) is 30.4 Å². The molecule has 12 heteroatoms. The van der Waals surface area contributed by atoms with E-state index in [1.54, 1.807) is 12.4 Å². The molecule has 0 radical (unpaired) electrons. The minimum atomic E-state index is 0.499. The van der Waals surface area contributed by atoms with Crippen molar-refractivity contribution in [1.29, 1.82) is 0 Å². The third kappa shape index (κ3) is 6.96. The van der Waals surface area contributed by atoms with Crippen LogP contribution in [0.25, 0.3) is 0 Å². The van der Waals surface area contributed by atoms with E-state index in [-0.39, 0.29) is 0 Å². The Morgan fingerprint density at radius 1 is 0.758 bits per heavy atom. The molecule has 0 bridgehead atoms. The van der Waals surface area contributed by atoms with Gasteiger partial charge in [0.1, 0.15) is 11.5 Å². The third-order valence-electron chi connectivity index (χ3n) is 4.12. The molecule has 8 nitrogen and oxygen atoms in total. The van der Waals surface area contributed by atoms with Gasteiger partial charge in [-0.05, 0) is 48.7 Å². The number of benzene rings is 2. The van der Waals surface area contributed by atoms with Crippen molar-refractivity contribution in [2.75, 3.05) is 13.2 Å². The number of aliphatic imine (C=N–C) groups is 2. The van der Waals surface area contributed by atoms with E-state index < -0.39 is 0 Å². The summed E-state index contributed by atoms with van der Waals surface area (Å²) >= 11 is 12.7. The molecule has 2 N–H and O–H groups in total. The number of rotatable bonds is 10. The summed E-state index contributed by atoms with van der Waals surface area (Å²) in [6.07, 6.45) is 4.15. The van der Waals surface area contributed by atoms with Gasteiger partial charge in [0.15, 0.2) is 7.91 Å². The third-order valence-corrected chi connectivity index (χ3v) is 6.12. The number of hydrogen-bond acceptors (Lipinski definition) is 10. The molecule has 2 heterocycles. The quantitative estimate of drug-likeness (QED) is 0.151. The van der Waals surface area contributed by atoms with E-state index in [4.69, 9.17) is 33.9 Å². The van der Waals surface area contributed by atoms with Gasteiger partial charge in [-0.1, -0.05) is 46.9 Å².